The Balaban J connectivity index is 1.49. The summed E-state index contributed by atoms with van der Waals surface area (Å²) in [5, 5.41) is 3.15. The molecule has 1 unspecified atom stereocenters. The lowest BCUT2D eigenvalue weighted by atomic mass is 9.79. The van der Waals surface area contributed by atoms with Crippen molar-refractivity contribution in [3.05, 3.63) is 59.2 Å². The Hall–Kier alpha value is -2.57. The molecule has 5 N–H and O–H groups in total. The fourth-order valence-electron chi connectivity index (χ4n) is 4.94. The summed E-state index contributed by atoms with van der Waals surface area (Å²) in [7, 11) is 4.24. The van der Waals surface area contributed by atoms with Gasteiger partial charge in [-0.2, -0.15) is 0 Å². The highest BCUT2D eigenvalue weighted by molar-refractivity contribution is 5.95. The molecule has 1 atom stereocenters. The number of hydrogen-bond donors (Lipinski definition) is 3. The molecule has 6 heteroatoms. The number of para-hydroxylation sites is 2. The molecule has 0 spiro atoms. The summed E-state index contributed by atoms with van der Waals surface area (Å²) in [6.07, 6.45) is 2.01. The van der Waals surface area contributed by atoms with Crippen molar-refractivity contribution < 1.29 is 0 Å². The van der Waals surface area contributed by atoms with E-state index in [4.69, 9.17) is 11.5 Å². The zero-order valence-electron chi connectivity index (χ0n) is 17.7. The summed E-state index contributed by atoms with van der Waals surface area (Å²) in [5.74, 6) is 0.676. The molecule has 0 radical (unpaired) electrons. The summed E-state index contributed by atoms with van der Waals surface area (Å²) < 4.78 is 0. The van der Waals surface area contributed by atoms with E-state index < -0.39 is 5.66 Å². The van der Waals surface area contributed by atoms with Gasteiger partial charge in [-0.05, 0) is 50.0 Å². The number of nitrogens with two attached hydrogens (primary N) is 2. The van der Waals surface area contributed by atoms with E-state index in [1.807, 2.05) is 18.2 Å². The van der Waals surface area contributed by atoms with Crippen molar-refractivity contribution in [3.63, 3.8) is 0 Å². The monoisotopic (exact) mass is 392 g/mol. The number of likely N-dealkylation sites (tertiary alicyclic amines) is 1. The number of guanidine groups is 1. The maximum Gasteiger partial charge on any atom is 0.195 e. The Morgan fingerprint density at radius 1 is 1.14 bits per heavy atom. The van der Waals surface area contributed by atoms with E-state index in [1.54, 1.807) is 0 Å². The SMILES string of the molecule is Cc1cccc(CN2CCC(C3(N)N=C(N)Nc4ccccc43)CC2)c1N(C)C. The largest absolute Gasteiger partial charge is 0.377 e. The molecule has 2 aliphatic heterocycles. The summed E-state index contributed by atoms with van der Waals surface area (Å²) in [5.41, 5.74) is 18.2. The van der Waals surface area contributed by atoms with Crippen LogP contribution in [-0.2, 0) is 12.2 Å². The standard InChI is InChI=1S/C23H32N6/c1-16-7-6-8-17(21(16)28(2)3)15-29-13-11-18(12-14-29)23(25)19-9-4-5-10-20(19)26-22(24)27-23/h4-10,18H,11-15,25H2,1-3H3,(H3,24,26,27). The van der Waals surface area contributed by atoms with Crippen LogP contribution in [0, 0.1) is 12.8 Å². The second-order valence-electron chi connectivity index (χ2n) is 8.52. The molecule has 29 heavy (non-hydrogen) atoms. The van der Waals surface area contributed by atoms with Crippen LogP contribution in [0.2, 0.25) is 0 Å². The Labute approximate surface area is 173 Å². The highest BCUT2D eigenvalue weighted by atomic mass is 15.2. The first-order valence-electron chi connectivity index (χ1n) is 10.4. The number of benzene rings is 2. The van der Waals surface area contributed by atoms with Gasteiger partial charge in [0.05, 0.1) is 0 Å². The molecule has 0 aliphatic carbocycles. The molecule has 0 amide bonds. The molecule has 2 aliphatic rings. The molecule has 4 rings (SSSR count). The topological polar surface area (TPSA) is 82.9 Å². The number of aliphatic imine (C=N–C) groups is 1. The second-order valence-corrected chi connectivity index (χ2v) is 8.52. The maximum absolute atomic E-state index is 6.88. The van der Waals surface area contributed by atoms with Crippen LogP contribution in [0.3, 0.4) is 0 Å². The van der Waals surface area contributed by atoms with E-state index in [1.165, 1.54) is 16.8 Å². The fourth-order valence-corrected chi connectivity index (χ4v) is 4.94. The van der Waals surface area contributed by atoms with Gasteiger partial charge in [-0.15, -0.1) is 0 Å². The van der Waals surface area contributed by atoms with Crippen molar-refractivity contribution in [2.75, 3.05) is 37.4 Å². The molecule has 1 fully saturated rings. The molecule has 154 valence electrons. The number of anilines is 2. The van der Waals surface area contributed by atoms with Crippen LogP contribution in [0.1, 0.15) is 29.5 Å². The zero-order chi connectivity index (χ0) is 20.6. The highest BCUT2D eigenvalue weighted by Crippen LogP contribution is 2.41. The molecule has 2 aromatic carbocycles. The number of fused-ring (bicyclic) bond motifs is 1. The molecule has 2 aromatic rings. The van der Waals surface area contributed by atoms with Crippen molar-refractivity contribution >= 4 is 17.3 Å². The van der Waals surface area contributed by atoms with E-state index in [0.717, 1.165) is 43.7 Å². The molecular weight excluding hydrogens is 360 g/mol. The predicted octanol–water partition coefficient (Wildman–Crippen LogP) is 2.82. The van der Waals surface area contributed by atoms with Crippen molar-refractivity contribution in [2.45, 2.75) is 32.0 Å². The molecule has 0 bridgehead atoms. The minimum atomic E-state index is -0.754. The average molecular weight is 393 g/mol. The first-order chi connectivity index (χ1) is 13.9. The van der Waals surface area contributed by atoms with E-state index in [0.29, 0.717) is 5.96 Å². The quantitative estimate of drug-likeness (QED) is 0.745. The van der Waals surface area contributed by atoms with E-state index in [2.05, 4.69) is 65.4 Å². The van der Waals surface area contributed by atoms with E-state index >= 15 is 0 Å². The van der Waals surface area contributed by atoms with Gasteiger partial charge in [0.1, 0.15) is 5.66 Å². The summed E-state index contributed by atoms with van der Waals surface area (Å²) in [6, 6.07) is 14.7. The average Bonchev–Trinajstić information content (AvgIpc) is 2.68. The Morgan fingerprint density at radius 3 is 2.59 bits per heavy atom. The molecule has 6 nitrogen and oxygen atoms in total. The van der Waals surface area contributed by atoms with E-state index in [-0.39, 0.29) is 5.92 Å². The minimum absolute atomic E-state index is 0.270. The van der Waals surface area contributed by atoms with Gasteiger partial charge in [0, 0.05) is 43.5 Å². The third-order valence-corrected chi connectivity index (χ3v) is 6.30. The third kappa shape index (κ3) is 3.70. The molecule has 2 heterocycles. The van der Waals surface area contributed by atoms with Crippen molar-refractivity contribution in [3.8, 4) is 0 Å². The number of aryl methyl sites for hydroxylation is 1. The van der Waals surface area contributed by atoms with Crippen molar-refractivity contribution in [1.82, 2.24) is 4.90 Å². The highest BCUT2D eigenvalue weighted by Gasteiger charge is 2.42. The fraction of sp³-hybridized carbons (Fsp3) is 0.435. The van der Waals surface area contributed by atoms with Crippen LogP contribution in [0.5, 0.6) is 0 Å². The van der Waals surface area contributed by atoms with Crippen LogP contribution in [0.25, 0.3) is 0 Å². The number of nitrogens with zero attached hydrogens (tertiary/aromatic N) is 3. The molecule has 1 saturated heterocycles. The van der Waals surface area contributed by atoms with E-state index in [9.17, 15) is 0 Å². The van der Waals surface area contributed by atoms with Gasteiger partial charge in [-0.1, -0.05) is 36.4 Å². The molecule has 0 saturated carbocycles. The van der Waals surface area contributed by atoms with Crippen molar-refractivity contribution in [2.24, 2.45) is 22.4 Å². The van der Waals surface area contributed by atoms with Crippen molar-refractivity contribution in [1.29, 1.82) is 0 Å². The lowest BCUT2D eigenvalue weighted by molar-refractivity contribution is 0.126. The Morgan fingerprint density at radius 2 is 1.86 bits per heavy atom. The number of hydrogen-bond acceptors (Lipinski definition) is 6. The zero-order valence-corrected chi connectivity index (χ0v) is 17.7. The van der Waals surface area contributed by atoms with Gasteiger partial charge in [0.2, 0.25) is 0 Å². The smallest absolute Gasteiger partial charge is 0.195 e. The Kier molecular flexibility index (Phi) is 5.23. The second kappa shape index (κ2) is 7.69. The molecule has 0 aromatic heterocycles. The number of nitrogens with one attached hydrogen (secondary N) is 1. The van der Waals surface area contributed by atoms with Gasteiger partial charge in [0.15, 0.2) is 5.96 Å². The van der Waals surface area contributed by atoms with Crippen LogP contribution < -0.4 is 21.7 Å². The number of piperidine rings is 1. The summed E-state index contributed by atoms with van der Waals surface area (Å²) >= 11 is 0. The summed E-state index contributed by atoms with van der Waals surface area (Å²) in [6.45, 7) is 5.16. The van der Waals surface area contributed by atoms with Gasteiger partial charge in [-0.3, -0.25) is 4.90 Å². The maximum atomic E-state index is 6.88. The first-order valence-corrected chi connectivity index (χ1v) is 10.4. The van der Waals surface area contributed by atoms with Crippen LogP contribution in [0.4, 0.5) is 11.4 Å². The van der Waals surface area contributed by atoms with Gasteiger partial charge >= 0.3 is 0 Å². The normalized spacial score (nSPS) is 22.6. The van der Waals surface area contributed by atoms with Crippen LogP contribution >= 0.6 is 0 Å². The Bertz CT molecular complexity index is 913. The predicted molar refractivity (Wildman–Crippen MR) is 121 cm³/mol. The lowest BCUT2D eigenvalue weighted by Crippen LogP contribution is -2.51. The van der Waals surface area contributed by atoms with Gasteiger partial charge < -0.3 is 21.7 Å². The number of rotatable bonds is 4. The minimum Gasteiger partial charge on any atom is -0.377 e. The molecular formula is C23H32N6. The summed E-state index contributed by atoms with van der Waals surface area (Å²) in [4.78, 5) is 9.42. The van der Waals surface area contributed by atoms with Crippen LogP contribution in [0.15, 0.2) is 47.5 Å². The third-order valence-electron chi connectivity index (χ3n) is 6.30. The van der Waals surface area contributed by atoms with Gasteiger partial charge in [-0.25, -0.2) is 4.99 Å². The first kappa shape index (κ1) is 19.7. The van der Waals surface area contributed by atoms with Crippen LogP contribution in [-0.4, -0.2) is 38.0 Å². The van der Waals surface area contributed by atoms with Gasteiger partial charge in [0.25, 0.3) is 0 Å². The lowest BCUT2D eigenvalue weighted by Gasteiger charge is -2.43.